The number of carbonyl (C=O) groups excluding carboxylic acids is 1. The van der Waals surface area contributed by atoms with E-state index in [1.807, 2.05) is 6.92 Å². The quantitative estimate of drug-likeness (QED) is 0.840. The minimum absolute atomic E-state index is 0.0759. The van der Waals surface area contributed by atoms with Crippen molar-refractivity contribution in [3.05, 3.63) is 24.0 Å². The number of aromatic nitrogens is 1. The molecule has 0 saturated carbocycles. The van der Waals surface area contributed by atoms with Gasteiger partial charge in [0.15, 0.2) is 0 Å². The Hall–Kier alpha value is -1.46. The number of amides is 1. The Morgan fingerprint density at radius 2 is 2.39 bits per heavy atom. The zero-order valence-corrected chi connectivity index (χ0v) is 10.4. The van der Waals surface area contributed by atoms with Gasteiger partial charge in [-0.2, -0.15) is 0 Å². The Bertz CT molecular complexity index is 405. The Kier molecular flexibility index (Phi) is 4.28. The van der Waals surface area contributed by atoms with Crippen LogP contribution in [0.15, 0.2) is 18.3 Å². The van der Waals surface area contributed by atoms with E-state index in [1.165, 1.54) is 0 Å². The van der Waals surface area contributed by atoms with Crippen LogP contribution in [0.3, 0.4) is 0 Å². The molecule has 0 radical (unpaired) electrons. The zero-order chi connectivity index (χ0) is 13.0. The van der Waals surface area contributed by atoms with Crippen LogP contribution in [0.2, 0.25) is 0 Å². The smallest absolute Gasteiger partial charge is 0.253 e. The molecule has 98 valence electrons. The van der Waals surface area contributed by atoms with Gasteiger partial charge in [-0.25, -0.2) is 0 Å². The molecule has 0 spiro atoms. The number of nitrogens with one attached hydrogen (secondary N) is 1. The fourth-order valence-corrected chi connectivity index (χ4v) is 1.98. The average molecular weight is 250 g/mol. The van der Waals surface area contributed by atoms with Crippen molar-refractivity contribution in [2.45, 2.75) is 38.4 Å². The monoisotopic (exact) mass is 250 g/mol. The third-order valence-electron chi connectivity index (χ3n) is 2.98. The van der Waals surface area contributed by atoms with E-state index in [-0.39, 0.29) is 24.7 Å². The van der Waals surface area contributed by atoms with Gasteiger partial charge in [-0.15, -0.1) is 0 Å². The van der Waals surface area contributed by atoms with Gasteiger partial charge in [0.1, 0.15) is 6.10 Å². The standard InChI is InChI=1S/C13H18N2O3/c1-9-2-5-12(18-9)13(17)15-11-4-3-10(6-7-16)14-8-11/h3-4,8-9,12,16H,2,5-7H2,1H3,(H,15,17). The first-order chi connectivity index (χ1) is 8.69. The van der Waals surface area contributed by atoms with Crippen LogP contribution >= 0.6 is 0 Å². The van der Waals surface area contributed by atoms with E-state index in [4.69, 9.17) is 9.84 Å². The van der Waals surface area contributed by atoms with Gasteiger partial charge in [-0.05, 0) is 31.9 Å². The van der Waals surface area contributed by atoms with Crippen molar-refractivity contribution in [2.75, 3.05) is 11.9 Å². The molecule has 1 aliphatic heterocycles. The highest BCUT2D eigenvalue weighted by atomic mass is 16.5. The lowest BCUT2D eigenvalue weighted by Gasteiger charge is -2.11. The summed E-state index contributed by atoms with van der Waals surface area (Å²) in [6.07, 6.45) is 3.62. The first kappa shape index (κ1) is 13.0. The van der Waals surface area contributed by atoms with Crippen molar-refractivity contribution in [3.63, 3.8) is 0 Å². The first-order valence-electron chi connectivity index (χ1n) is 6.21. The molecule has 2 atom stereocenters. The lowest BCUT2D eigenvalue weighted by molar-refractivity contribution is -0.126. The Morgan fingerprint density at radius 1 is 1.56 bits per heavy atom. The molecule has 1 aromatic rings. The van der Waals surface area contributed by atoms with Crippen molar-refractivity contribution in [3.8, 4) is 0 Å². The Balaban J connectivity index is 1.90. The van der Waals surface area contributed by atoms with Crippen LogP contribution in [0.1, 0.15) is 25.5 Å². The van der Waals surface area contributed by atoms with Crippen LogP contribution in [0, 0.1) is 0 Å². The molecule has 2 rings (SSSR count). The van der Waals surface area contributed by atoms with Crippen molar-refractivity contribution >= 4 is 11.6 Å². The highest BCUT2D eigenvalue weighted by Gasteiger charge is 2.28. The maximum absolute atomic E-state index is 11.9. The molecule has 2 heterocycles. The van der Waals surface area contributed by atoms with Gasteiger partial charge in [-0.3, -0.25) is 9.78 Å². The van der Waals surface area contributed by atoms with Crippen molar-refractivity contribution in [1.82, 2.24) is 4.98 Å². The lowest BCUT2D eigenvalue weighted by Crippen LogP contribution is -2.27. The number of rotatable bonds is 4. The number of carbonyl (C=O) groups is 1. The van der Waals surface area contributed by atoms with Crippen molar-refractivity contribution in [1.29, 1.82) is 0 Å². The highest BCUT2D eigenvalue weighted by molar-refractivity contribution is 5.94. The molecular formula is C13H18N2O3. The highest BCUT2D eigenvalue weighted by Crippen LogP contribution is 2.20. The molecule has 0 aliphatic carbocycles. The second-order valence-electron chi connectivity index (χ2n) is 4.51. The molecule has 5 heteroatoms. The van der Waals surface area contributed by atoms with Crippen molar-refractivity contribution in [2.24, 2.45) is 0 Å². The molecule has 0 aromatic carbocycles. The summed E-state index contributed by atoms with van der Waals surface area (Å²) in [5.41, 5.74) is 1.46. The topological polar surface area (TPSA) is 71.5 Å². The summed E-state index contributed by atoms with van der Waals surface area (Å²) >= 11 is 0. The number of anilines is 1. The SMILES string of the molecule is CC1CCC(C(=O)Nc2ccc(CCO)nc2)O1. The second kappa shape index (κ2) is 5.93. The van der Waals surface area contributed by atoms with E-state index in [1.54, 1.807) is 18.3 Å². The molecule has 1 fully saturated rings. The fraction of sp³-hybridized carbons (Fsp3) is 0.538. The molecule has 1 aliphatic rings. The third-order valence-corrected chi connectivity index (χ3v) is 2.98. The minimum atomic E-state index is -0.350. The predicted octanol–water partition coefficient (Wildman–Crippen LogP) is 1.12. The summed E-state index contributed by atoms with van der Waals surface area (Å²) in [7, 11) is 0. The van der Waals surface area contributed by atoms with Crippen LogP contribution in [0.5, 0.6) is 0 Å². The number of aliphatic hydroxyl groups is 1. The van der Waals surface area contributed by atoms with Gasteiger partial charge in [0.2, 0.25) is 0 Å². The number of hydrogen-bond acceptors (Lipinski definition) is 4. The zero-order valence-electron chi connectivity index (χ0n) is 10.4. The predicted molar refractivity (Wildman–Crippen MR) is 67.2 cm³/mol. The van der Waals surface area contributed by atoms with Gasteiger partial charge in [0, 0.05) is 18.7 Å². The van der Waals surface area contributed by atoms with Crippen LogP contribution in [-0.2, 0) is 16.0 Å². The number of aliphatic hydroxyl groups excluding tert-OH is 1. The summed E-state index contributed by atoms with van der Waals surface area (Å²) < 4.78 is 5.49. The maximum Gasteiger partial charge on any atom is 0.253 e. The summed E-state index contributed by atoms with van der Waals surface area (Å²) in [6, 6.07) is 3.58. The minimum Gasteiger partial charge on any atom is -0.396 e. The molecule has 2 unspecified atom stereocenters. The number of hydrogen-bond donors (Lipinski definition) is 2. The van der Waals surface area contributed by atoms with E-state index in [0.717, 1.165) is 18.5 Å². The van der Waals surface area contributed by atoms with Gasteiger partial charge >= 0.3 is 0 Å². The molecule has 0 bridgehead atoms. The van der Waals surface area contributed by atoms with E-state index >= 15 is 0 Å². The lowest BCUT2D eigenvalue weighted by atomic mass is 10.2. The van der Waals surface area contributed by atoms with E-state index < -0.39 is 0 Å². The van der Waals surface area contributed by atoms with Crippen LogP contribution in [-0.4, -0.2) is 34.8 Å². The van der Waals surface area contributed by atoms with Gasteiger partial charge in [0.25, 0.3) is 5.91 Å². The number of nitrogens with zero attached hydrogens (tertiary/aromatic N) is 1. The van der Waals surface area contributed by atoms with E-state index in [9.17, 15) is 4.79 Å². The normalized spacial score (nSPS) is 23.0. The summed E-state index contributed by atoms with van der Waals surface area (Å²) in [5.74, 6) is -0.115. The first-order valence-corrected chi connectivity index (χ1v) is 6.21. The third kappa shape index (κ3) is 3.27. The summed E-state index contributed by atoms with van der Waals surface area (Å²) in [6.45, 7) is 2.05. The Labute approximate surface area is 106 Å². The van der Waals surface area contributed by atoms with Gasteiger partial charge < -0.3 is 15.2 Å². The van der Waals surface area contributed by atoms with Crippen LogP contribution in [0.4, 0.5) is 5.69 Å². The molecule has 18 heavy (non-hydrogen) atoms. The van der Waals surface area contributed by atoms with Crippen molar-refractivity contribution < 1.29 is 14.6 Å². The van der Waals surface area contributed by atoms with Crippen LogP contribution < -0.4 is 5.32 Å². The molecule has 5 nitrogen and oxygen atoms in total. The van der Waals surface area contributed by atoms with Gasteiger partial charge in [-0.1, -0.05) is 0 Å². The van der Waals surface area contributed by atoms with E-state index in [0.29, 0.717) is 12.1 Å². The largest absolute Gasteiger partial charge is 0.396 e. The van der Waals surface area contributed by atoms with Gasteiger partial charge in [0.05, 0.1) is 18.0 Å². The second-order valence-corrected chi connectivity index (χ2v) is 4.51. The molecule has 1 saturated heterocycles. The maximum atomic E-state index is 11.9. The van der Waals surface area contributed by atoms with Crippen LogP contribution in [0.25, 0.3) is 0 Å². The molecule has 1 amide bonds. The average Bonchev–Trinajstić information content (AvgIpc) is 2.79. The summed E-state index contributed by atoms with van der Waals surface area (Å²) in [5, 5.41) is 11.6. The van der Waals surface area contributed by atoms with E-state index in [2.05, 4.69) is 10.3 Å². The molecular weight excluding hydrogens is 232 g/mol. The molecule has 1 aromatic heterocycles. The summed E-state index contributed by atoms with van der Waals surface area (Å²) in [4.78, 5) is 16.0. The number of pyridine rings is 1. The molecule has 2 N–H and O–H groups in total. The Morgan fingerprint density at radius 3 is 2.94 bits per heavy atom. The fourth-order valence-electron chi connectivity index (χ4n) is 1.98. The number of ether oxygens (including phenoxy) is 1.